The van der Waals surface area contributed by atoms with E-state index in [9.17, 15) is 4.79 Å². The van der Waals surface area contributed by atoms with Crippen LogP contribution in [0.4, 0.5) is 0 Å². The lowest BCUT2D eigenvalue weighted by Gasteiger charge is -2.15. The van der Waals surface area contributed by atoms with Gasteiger partial charge in [-0.1, -0.05) is 15.9 Å². The van der Waals surface area contributed by atoms with Crippen LogP contribution in [0, 0.1) is 6.92 Å². The van der Waals surface area contributed by atoms with Crippen molar-refractivity contribution in [3.63, 3.8) is 0 Å². The highest BCUT2D eigenvalue weighted by Crippen LogP contribution is 2.21. The van der Waals surface area contributed by atoms with Gasteiger partial charge in [-0.3, -0.25) is 4.79 Å². The molecule has 0 aromatic heterocycles. The van der Waals surface area contributed by atoms with E-state index in [1.807, 2.05) is 56.3 Å². The summed E-state index contributed by atoms with van der Waals surface area (Å²) in [5.74, 6) is 1.97. The van der Waals surface area contributed by atoms with E-state index < -0.39 is 0 Å². The molecule has 6 heteroatoms. The molecule has 2 rings (SSSR count). The van der Waals surface area contributed by atoms with E-state index in [4.69, 9.17) is 14.2 Å². The normalized spacial score (nSPS) is 11.5. The number of hydrogen-bond donors (Lipinski definition) is 1. The number of methoxy groups -OCH3 is 1. The number of amides is 1. The van der Waals surface area contributed by atoms with Crippen molar-refractivity contribution in [1.29, 1.82) is 0 Å². The molecule has 0 radical (unpaired) electrons. The van der Waals surface area contributed by atoms with Gasteiger partial charge in [-0.2, -0.15) is 0 Å². The summed E-state index contributed by atoms with van der Waals surface area (Å²) < 4.78 is 17.3. The molecular formula is C19H22BrNO4. The summed E-state index contributed by atoms with van der Waals surface area (Å²) in [6.07, 6.45) is 0. The molecule has 0 aliphatic heterocycles. The molecule has 1 N–H and O–H groups in total. The molecule has 0 bridgehead atoms. The van der Waals surface area contributed by atoms with Gasteiger partial charge in [-0.05, 0) is 61.9 Å². The predicted octanol–water partition coefficient (Wildman–Crippen LogP) is 3.73. The molecule has 25 heavy (non-hydrogen) atoms. The summed E-state index contributed by atoms with van der Waals surface area (Å²) in [4.78, 5) is 12.0. The fraction of sp³-hybridized carbons (Fsp3) is 0.316. The molecule has 0 saturated carbocycles. The van der Waals surface area contributed by atoms with Crippen molar-refractivity contribution in [2.24, 2.45) is 0 Å². The average molecular weight is 408 g/mol. The highest BCUT2D eigenvalue weighted by Gasteiger charge is 2.09. The maximum Gasteiger partial charge on any atom is 0.258 e. The number of aryl methyl sites for hydroxylation is 1. The Bertz CT molecular complexity index is 703. The molecule has 0 fully saturated rings. The number of ether oxygens (including phenoxy) is 3. The number of hydrogen-bond acceptors (Lipinski definition) is 4. The first-order valence-electron chi connectivity index (χ1n) is 7.93. The van der Waals surface area contributed by atoms with Gasteiger partial charge in [0.1, 0.15) is 23.9 Å². The van der Waals surface area contributed by atoms with Crippen molar-refractivity contribution < 1.29 is 19.0 Å². The fourth-order valence-corrected chi connectivity index (χ4v) is 2.35. The molecule has 0 aliphatic rings. The van der Waals surface area contributed by atoms with Gasteiger partial charge >= 0.3 is 0 Å². The number of halogens is 1. The second kappa shape index (κ2) is 9.32. The first kappa shape index (κ1) is 19.1. The first-order valence-corrected chi connectivity index (χ1v) is 8.72. The van der Waals surface area contributed by atoms with Gasteiger partial charge in [-0.15, -0.1) is 0 Å². The minimum atomic E-state index is -0.189. The first-order chi connectivity index (χ1) is 12.0. The van der Waals surface area contributed by atoms with E-state index >= 15 is 0 Å². The highest BCUT2D eigenvalue weighted by atomic mass is 79.9. The molecule has 1 atom stereocenters. The predicted molar refractivity (Wildman–Crippen MR) is 100 cm³/mol. The van der Waals surface area contributed by atoms with Crippen LogP contribution in [0.1, 0.15) is 12.5 Å². The van der Waals surface area contributed by atoms with Gasteiger partial charge in [-0.25, -0.2) is 0 Å². The van der Waals surface area contributed by atoms with Crippen LogP contribution >= 0.6 is 15.9 Å². The Morgan fingerprint density at radius 2 is 1.72 bits per heavy atom. The Kier molecular flexibility index (Phi) is 7.13. The van der Waals surface area contributed by atoms with E-state index in [0.717, 1.165) is 21.5 Å². The van der Waals surface area contributed by atoms with Crippen LogP contribution in [-0.2, 0) is 4.79 Å². The Hall–Kier alpha value is -2.21. The quantitative estimate of drug-likeness (QED) is 0.724. The number of nitrogens with one attached hydrogen (secondary N) is 1. The molecule has 0 spiro atoms. The summed E-state index contributed by atoms with van der Waals surface area (Å²) >= 11 is 3.43. The molecule has 134 valence electrons. The topological polar surface area (TPSA) is 56.8 Å². The van der Waals surface area contributed by atoms with Crippen molar-refractivity contribution in [3.8, 4) is 17.2 Å². The summed E-state index contributed by atoms with van der Waals surface area (Å²) in [5, 5.41) is 2.85. The number of rotatable bonds is 8. The van der Waals surface area contributed by atoms with Gasteiger partial charge in [0.2, 0.25) is 0 Å². The maximum absolute atomic E-state index is 12.0. The van der Waals surface area contributed by atoms with Gasteiger partial charge in [0.25, 0.3) is 5.91 Å². The number of carbonyl (C=O) groups excluding carboxylic acids is 1. The van der Waals surface area contributed by atoms with E-state index in [2.05, 4.69) is 21.2 Å². The molecule has 0 aliphatic carbocycles. The number of benzene rings is 2. The van der Waals surface area contributed by atoms with Crippen LogP contribution in [0.3, 0.4) is 0 Å². The van der Waals surface area contributed by atoms with Gasteiger partial charge < -0.3 is 19.5 Å². The molecular weight excluding hydrogens is 386 g/mol. The van der Waals surface area contributed by atoms with Crippen molar-refractivity contribution in [1.82, 2.24) is 5.32 Å². The average Bonchev–Trinajstić information content (AvgIpc) is 2.61. The van der Waals surface area contributed by atoms with E-state index in [0.29, 0.717) is 12.4 Å². The lowest BCUT2D eigenvalue weighted by Crippen LogP contribution is -2.39. The van der Waals surface area contributed by atoms with E-state index in [1.165, 1.54) is 0 Å². The maximum atomic E-state index is 12.0. The van der Waals surface area contributed by atoms with Crippen LogP contribution in [0.25, 0.3) is 0 Å². The summed E-state index contributed by atoms with van der Waals surface area (Å²) in [7, 11) is 1.62. The van der Waals surface area contributed by atoms with Gasteiger partial charge in [0.15, 0.2) is 6.61 Å². The smallest absolute Gasteiger partial charge is 0.258 e. The second-order valence-electron chi connectivity index (χ2n) is 5.65. The zero-order valence-electron chi connectivity index (χ0n) is 14.5. The zero-order chi connectivity index (χ0) is 18.2. The molecule has 2 aromatic carbocycles. The van der Waals surface area contributed by atoms with Crippen LogP contribution in [-0.4, -0.2) is 32.3 Å². The Labute approximate surface area is 156 Å². The van der Waals surface area contributed by atoms with E-state index in [-0.39, 0.29) is 18.6 Å². The van der Waals surface area contributed by atoms with Crippen molar-refractivity contribution in [3.05, 3.63) is 52.5 Å². The lowest BCUT2D eigenvalue weighted by molar-refractivity contribution is -0.123. The van der Waals surface area contributed by atoms with Crippen LogP contribution in [0.15, 0.2) is 46.9 Å². The number of carbonyl (C=O) groups is 1. The van der Waals surface area contributed by atoms with Gasteiger partial charge in [0, 0.05) is 4.47 Å². The highest BCUT2D eigenvalue weighted by molar-refractivity contribution is 9.10. The Morgan fingerprint density at radius 1 is 1.08 bits per heavy atom. The zero-order valence-corrected chi connectivity index (χ0v) is 16.1. The third-order valence-corrected chi connectivity index (χ3v) is 4.36. The van der Waals surface area contributed by atoms with Crippen LogP contribution in [0.5, 0.6) is 17.2 Å². The SMILES string of the molecule is COc1ccc(OC[C@@H](C)NC(=O)COc2ccc(Br)c(C)c2)cc1. The largest absolute Gasteiger partial charge is 0.497 e. The summed E-state index contributed by atoms with van der Waals surface area (Å²) in [6, 6.07) is 12.8. The van der Waals surface area contributed by atoms with Crippen LogP contribution < -0.4 is 19.5 Å². The molecule has 0 heterocycles. The van der Waals surface area contributed by atoms with Crippen molar-refractivity contribution in [2.45, 2.75) is 19.9 Å². The molecule has 2 aromatic rings. The molecule has 5 nitrogen and oxygen atoms in total. The van der Waals surface area contributed by atoms with E-state index in [1.54, 1.807) is 7.11 Å². The third-order valence-electron chi connectivity index (χ3n) is 3.47. The third kappa shape index (κ3) is 6.31. The molecule has 0 unspecified atom stereocenters. The Balaban J connectivity index is 1.72. The summed E-state index contributed by atoms with van der Waals surface area (Å²) in [5.41, 5.74) is 1.05. The Morgan fingerprint density at radius 3 is 2.36 bits per heavy atom. The minimum Gasteiger partial charge on any atom is -0.497 e. The standard InChI is InChI=1S/C19H22BrNO4/c1-13-10-17(8-9-18(13)20)25-12-19(22)21-14(2)11-24-16-6-4-15(23-3)5-7-16/h4-10,14H,11-12H2,1-3H3,(H,21,22)/t14-/m1/s1. The van der Waals surface area contributed by atoms with Crippen LogP contribution in [0.2, 0.25) is 0 Å². The minimum absolute atomic E-state index is 0.0338. The summed E-state index contributed by atoms with van der Waals surface area (Å²) in [6.45, 7) is 4.18. The monoisotopic (exact) mass is 407 g/mol. The van der Waals surface area contributed by atoms with Gasteiger partial charge in [0.05, 0.1) is 13.2 Å². The van der Waals surface area contributed by atoms with Crippen molar-refractivity contribution in [2.75, 3.05) is 20.3 Å². The van der Waals surface area contributed by atoms with Crippen molar-refractivity contribution >= 4 is 21.8 Å². The lowest BCUT2D eigenvalue weighted by atomic mass is 10.2. The molecule has 0 saturated heterocycles. The molecule has 1 amide bonds. The second-order valence-corrected chi connectivity index (χ2v) is 6.51. The fourth-order valence-electron chi connectivity index (χ4n) is 2.11.